The first-order chi connectivity index (χ1) is 17.2. The molecule has 1 N–H and O–H groups in total. The fourth-order valence-electron chi connectivity index (χ4n) is 3.62. The largest absolute Gasteiger partial charge is 0.493 e. The van der Waals surface area contributed by atoms with Gasteiger partial charge in [0.1, 0.15) is 18.0 Å². The summed E-state index contributed by atoms with van der Waals surface area (Å²) in [7, 11) is 1.44. The Morgan fingerprint density at radius 1 is 1.00 bits per heavy atom. The molecule has 0 saturated carbocycles. The molecular weight excluding hydrogens is 531 g/mol. The van der Waals surface area contributed by atoms with Gasteiger partial charge < -0.3 is 9.47 Å². The van der Waals surface area contributed by atoms with E-state index in [0.717, 1.165) is 16.0 Å². The lowest BCUT2D eigenvalue weighted by molar-refractivity contribution is -0.122. The maximum absolute atomic E-state index is 13.9. The third kappa shape index (κ3) is 5.01. The van der Waals surface area contributed by atoms with E-state index in [0.29, 0.717) is 32.8 Å². The standard InChI is InChI=1S/C27H22BrFN2O5/c1-15-8-9-19(10-16(15)2)31-26(33)20(25(32)30-27(31)34)11-18-12-23(35-3)24(13-21(18)28)36-14-17-6-4-5-7-22(17)29/h4-13H,14H2,1-3H3,(H,30,32,34)/b20-11+. The number of hydrogen-bond donors (Lipinski definition) is 1. The van der Waals surface area contributed by atoms with Crippen LogP contribution in [0.5, 0.6) is 11.5 Å². The van der Waals surface area contributed by atoms with Crippen LogP contribution in [0.15, 0.2) is 64.6 Å². The lowest BCUT2D eigenvalue weighted by Crippen LogP contribution is -2.54. The van der Waals surface area contributed by atoms with E-state index in [1.807, 2.05) is 13.8 Å². The Hall–Kier alpha value is -3.98. The number of carbonyl (C=O) groups is 3. The van der Waals surface area contributed by atoms with Crippen LogP contribution in [-0.2, 0) is 16.2 Å². The van der Waals surface area contributed by atoms with Crippen molar-refractivity contribution < 1.29 is 28.2 Å². The van der Waals surface area contributed by atoms with Crippen molar-refractivity contribution in [3.05, 3.63) is 92.7 Å². The summed E-state index contributed by atoms with van der Waals surface area (Å²) < 4.78 is 25.6. The lowest BCUT2D eigenvalue weighted by Gasteiger charge is -2.27. The highest BCUT2D eigenvalue weighted by Gasteiger charge is 2.37. The summed E-state index contributed by atoms with van der Waals surface area (Å²) in [4.78, 5) is 39.3. The summed E-state index contributed by atoms with van der Waals surface area (Å²) in [6.45, 7) is 3.76. The van der Waals surface area contributed by atoms with E-state index in [4.69, 9.17) is 9.47 Å². The van der Waals surface area contributed by atoms with Crippen molar-refractivity contribution in [2.45, 2.75) is 20.5 Å². The van der Waals surface area contributed by atoms with Gasteiger partial charge in [-0.1, -0.05) is 40.2 Å². The van der Waals surface area contributed by atoms with Gasteiger partial charge in [-0.25, -0.2) is 14.1 Å². The van der Waals surface area contributed by atoms with Crippen LogP contribution in [0.3, 0.4) is 0 Å². The SMILES string of the molecule is COc1cc(/C=C2\C(=O)NC(=O)N(c3ccc(C)c(C)c3)C2=O)c(Br)cc1OCc1ccccc1F. The van der Waals surface area contributed by atoms with Gasteiger partial charge in [-0.2, -0.15) is 0 Å². The Bertz CT molecular complexity index is 1420. The van der Waals surface area contributed by atoms with Gasteiger partial charge in [0.25, 0.3) is 11.8 Å². The molecule has 0 radical (unpaired) electrons. The molecule has 7 nitrogen and oxygen atoms in total. The third-order valence-corrected chi connectivity index (χ3v) is 6.46. The second kappa shape index (κ2) is 10.3. The number of hydrogen-bond acceptors (Lipinski definition) is 5. The predicted octanol–water partition coefficient (Wildman–Crippen LogP) is 5.46. The average molecular weight is 553 g/mol. The fourth-order valence-corrected chi connectivity index (χ4v) is 4.05. The molecule has 1 saturated heterocycles. The molecule has 9 heteroatoms. The van der Waals surface area contributed by atoms with Crippen molar-refractivity contribution in [1.29, 1.82) is 0 Å². The molecule has 0 spiro atoms. The quantitative estimate of drug-likeness (QED) is 0.324. The van der Waals surface area contributed by atoms with Crippen molar-refractivity contribution in [3.8, 4) is 11.5 Å². The molecule has 1 fully saturated rings. The number of aryl methyl sites for hydroxylation is 2. The summed E-state index contributed by atoms with van der Waals surface area (Å²) in [6.07, 6.45) is 1.37. The summed E-state index contributed by atoms with van der Waals surface area (Å²) in [6, 6.07) is 13.8. The van der Waals surface area contributed by atoms with Crippen molar-refractivity contribution in [1.82, 2.24) is 5.32 Å². The molecule has 0 atom stereocenters. The van der Waals surface area contributed by atoms with Crippen LogP contribution in [0.25, 0.3) is 6.08 Å². The minimum absolute atomic E-state index is 0.0240. The number of amides is 4. The molecule has 0 aliphatic carbocycles. The maximum Gasteiger partial charge on any atom is 0.335 e. The highest BCUT2D eigenvalue weighted by molar-refractivity contribution is 9.10. The second-order valence-corrected chi connectivity index (χ2v) is 8.99. The van der Waals surface area contributed by atoms with Gasteiger partial charge >= 0.3 is 6.03 Å². The summed E-state index contributed by atoms with van der Waals surface area (Å²) in [5, 5.41) is 2.22. The van der Waals surface area contributed by atoms with Crippen molar-refractivity contribution >= 4 is 45.5 Å². The number of ether oxygens (including phenoxy) is 2. The molecule has 1 aliphatic rings. The number of methoxy groups -OCH3 is 1. The highest BCUT2D eigenvalue weighted by Crippen LogP contribution is 2.36. The number of halogens is 2. The number of imide groups is 2. The Kier molecular flexibility index (Phi) is 7.21. The Labute approximate surface area is 215 Å². The zero-order valence-electron chi connectivity index (χ0n) is 19.7. The lowest BCUT2D eigenvalue weighted by atomic mass is 10.0. The van der Waals surface area contributed by atoms with Crippen LogP contribution in [0, 0.1) is 19.7 Å². The fraction of sp³-hybridized carbons (Fsp3) is 0.148. The third-order valence-electron chi connectivity index (χ3n) is 5.77. The van der Waals surface area contributed by atoms with Gasteiger partial charge in [-0.15, -0.1) is 0 Å². The number of nitrogens with one attached hydrogen (secondary N) is 1. The normalized spacial score (nSPS) is 14.8. The van der Waals surface area contributed by atoms with Gasteiger partial charge in [-0.3, -0.25) is 14.9 Å². The van der Waals surface area contributed by atoms with E-state index in [1.165, 1.54) is 19.3 Å². The average Bonchev–Trinajstić information content (AvgIpc) is 2.84. The minimum Gasteiger partial charge on any atom is -0.493 e. The molecule has 3 aromatic rings. The molecule has 3 aromatic carbocycles. The second-order valence-electron chi connectivity index (χ2n) is 8.13. The van der Waals surface area contributed by atoms with Gasteiger partial charge in [0.05, 0.1) is 12.8 Å². The molecular formula is C27H22BrFN2O5. The van der Waals surface area contributed by atoms with Gasteiger partial charge in [0.2, 0.25) is 0 Å². The molecule has 1 aliphatic heterocycles. The van der Waals surface area contributed by atoms with E-state index >= 15 is 0 Å². The van der Waals surface area contributed by atoms with Gasteiger partial charge in [-0.05, 0) is 66.9 Å². The minimum atomic E-state index is -0.820. The Balaban J connectivity index is 1.66. The number of benzene rings is 3. The van der Waals surface area contributed by atoms with E-state index in [-0.39, 0.29) is 18.0 Å². The first-order valence-electron chi connectivity index (χ1n) is 10.9. The van der Waals surface area contributed by atoms with E-state index in [1.54, 1.807) is 48.5 Å². The molecule has 4 amide bonds. The van der Waals surface area contributed by atoms with Crippen molar-refractivity contribution in [2.75, 3.05) is 12.0 Å². The monoisotopic (exact) mass is 552 g/mol. The van der Waals surface area contributed by atoms with Gasteiger partial charge in [0.15, 0.2) is 11.5 Å². The topological polar surface area (TPSA) is 84.9 Å². The molecule has 0 aromatic heterocycles. The molecule has 0 unspecified atom stereocenters. The van der Waals surface area contributed by atoms with Gasteiger partial charge in [0, 0.05) is 10.0 Å². The smallest absolute Gasteiger partial charge is 0.335 e. The van der Waals surface area contributed by atoms with Crippen LogP contribution in [0.1, 0.15) is 22.3 Å². The van der Waals surface area contributed by atoms with E-state index in [9.17, 15) is 18.8 Å². The number of nitrogens with zero attached hydrogens (tertiary/aromatic N) is 1. The Morgan fingerprint density at radius 3 is 2.44 bits per heavy atom. The number of carbonyl (C=O) groups excluding carboxylic acids is 3. The number of rotatable bonds is 6. The number of anilines is 1. The molecule has 0 bridgehead atoms. The first-order valence-corrected chi connectivity index (χ1v) is 11.7. The zero-order valence-corrected chi connectivity index (χ0v) is 21.3. The predicted molar refractivity (Wildman–Crippen MR) is 136 cm³/mol. The molecule has 184 valence electrons. The van der Waals surface area contributed by atoms with Crippen LogP contribution < -0.4 is 19.7 Å². The summed E-state index contributed by atoms with van der Waals surface area (Å²) in [5.41, 5.74) is 2.85. The number of barbiturate groups is 1. The maximum atomic E-state index is 13.9. The van der Waals surface area contributed by atoms with E-state index < -0.39 is 17.8 Å². The highest BCUT2D eigenvalue weighted by atomic mass is 79.9. The summed E-state index contributed by atoms with van der Waals surface area (Å²) >= 11 is 3.43. The van der Waals surface area contributed by atoms with Crippen molar-refractivity contribution in [3.63, 3.8) is 0 Å². The van der Waals surface area contributed by atoms with Crippen LogP contribution in [0.2, 0.25) is 0 Å². The molecule has 4 rings (SSSR count). The van der Waals surface area contributed by atoms with Crippen LogP contribution >= 0.6 is 15.9 Å². The van der Waals surface area contributed by atoms with E-state index in [2.05, 4.69) is 21.2 Å². The zero-order chi connectivity index (χ0) is 26.0. The Morgan fingerprint density at radius 2 is 1.75 bits per heavy atom. The van der Waals surface area contributed by atoms with Crippen LogP contribution in [-0.4, -0.2) is 25.0 Å². The van der Waals surface area contributed by atoms with Crippen LogP contribution in [0.4, 0.5) is 14.9 Å². The first kappa shape index (κ1) is 25.1. The summed E-state index contributed by atoms with van der Waals surface area (Å²) in [5.74, 6) is -1.30. The number of urea groups is 1. The van der Waals surface area contributed by atoms with Crippen molar-refractivity contribution in [2.24, 2.45) is 0 Å². The molecule has 1 heterocycles. The molecule has 36 heavy (non-hydrogen) atoms.